The van der Waals surface area contributed by atoms with Crippen molar-refractivity contribution in [1.29, 1.82) is 0 Å². The van der Waals surface area contributed by atoms with E-state index in [2.05, 4.69) is 15.6 Å². The largest absolute Gasteiger partial charge is 0.474 e. The van der Waals surface area contributed by atoms with E-state index in [9.17, 15) is 14.3 Å². The molecule has 1 aliphatic carbocycles. The molecule has 2 aromatic rings. The average molecular weight is 406 g/mol. The van der Waals surface area contributed by atoms with Crippen LogP contribution in [0.5, 0.6) is 5.88 Å². The normalized spacial score (nSPS) is 23.2. The molecule has 2 heterocycles. The van der Waals surface area contributed by atoms with E-state index < -0.39 is 11.6 Å². The maximum atomic E-state index is 13.3. The molecule has 8 heteroatoms. The number of piperidine rings is 1. The van der Waals surface area contributed by atoms with Gasteiger partial charge in [-0.05, 0) is 38.1 Å². The molecule has 1 amide bonds. The van der Waals surface area contributed by atoms with Gasteiger partial charge in [-0.25, -0.2) is 14.2 Å². The maximum Gasteiger partial charge on any atom is 0.405 e. The molecule has 6 nitrogen and oxygen atoms in total. The molecule has 1 aromatic heterocycles. The fourth-order valence-corrected chi connectivity index (χ4v) is 4.27. The SMILES string of the molecule is CC(C)(NC(=O)O)c1cc(OC2[C@H]3CNC[C@@H]23)nc(-c2ccc(F)cc2)c1Cl. The summed E-state index contributed by atoms with van der Waals surface area (Å²) in [5, 5.41) is 15.3. The van der Waals surface area contributed by atoms with Gasteiger partial charge in [0.15, 0.2) is 0 Å². The van der Waals surface area contributed by atoms with Crippen LogP contribution in [-0.2, 0) is 5.54 Å². The number of benzene rings is 1. The van der Waals surface area contributed by atoms with Crippen molar-refractivity contribution in [3.05, 3.63) is 46.7 Å². The molecule has 1 unspecified atom stereocenters. The number of halogens is 2. The first-order chi connectivity index (χ1) is 13.3. The number of amides is 1. The van der Waals surface area contributed by atoms with Gasteiger partial charge in [0.1, 0.15) is 11.9 Å². The summed E-state index contributed by atoms with van der Waals surface area (Å²) >= 11 is 6.62. The quantitative estimate of drug-likeness (QED) is 0.707. The van der Waals surface area contributed by atoms with Crippen LogP contribution in [0.15, 0.2) is 30.3 Å². The minimum absolute atomic E-state index is 0.0967. The van der Waals surface area contributed by atoms with Gasteiger partial charge in [0.25, 0.3) is 0 Å². The molecule has 0 radical (unpaired) electrons. The summed E-state index contributed by atoms with van der Waals surface area (Å²) in [5.41, 5.74) is 0.629. The lowest BCUT2D eigenvalue weighted by molar-refractivity contribution is 0.182. The van der Waals surface area contributed by atoms with Crippen molar-refractivity contribution in [1.82, 2.24) is 15.6 Å². The zero-order valence-electron chi connectivity index (χ0n) is 15.5. The molecule has 1 aliphatic heterocycles. The highest BCUT2D eigenvalue weighted by molar-refractivity contribution is 6.34. The summed E-state index contributed by atoms with van der Waals surface area (Å²) in [6.07, 6.45) is -1.06. The predicted molar refractivity (Wildman–Crippen MR) is 103 cm³/mol. The summed E-state index contributed by atoms with van der Waals surface area (Å²) in [5.74, 6) is 0.970. The highest BCUT2D eigenvalue weighted by atomic mass is 35.5. The molecule has 0 bridgehead atoms. The number of pyridine rings is 1. The van der Waals surface area contributed by atoms with Crippen molar-refractivity contribution >= 4 is 17.7 Å². The predicted octanol–water partition coefficient (Wildman–Crippen LogP) is 3.64. The second kappa shape index (κ2) is 6.90. The minimum Gasteiger partial charge on any atom is -0.474 e. The van der Waals surface area contributed by atoms with Crippen LogP contribution in [0.2, 0.25) is 5.02 Å². The molecule has 148 valence electrons. The summed E-state index contributed by atoms with van der Waals surface area (Å²) in [6.45, 7) is 5.28. The first kappa shape index (κ1) is 19.0. The molecule has 2 fully saturated rings. The Balaban J connectivity index is 1.75. The highest BCUT2D eigenvalue weighted by Crippen LogP contribution is 2.45. The van der Waals surface area contributed by atoms with Crippen LogP contribution in [0.3, 0.4) is 0 Å². The lowest BCUT2D eigenvalue weighted by atomic mass is 9.93. The number of carboxylic acid groups (broad SMARTS) is 1. The number of nitrogens with one attached hydrogen (secondary N) is 2. The van der Waals surface area contributed by atoms with E-state index in [1.807, 2.05) is 0 Å². The molecular weight excluding hydrogens is 385 g/mol. The summed E-state index contributed by atoms with van der Waals surface area (Å²) in [6, 6.07) is 7.53. The molecule has 1 aromatic carbocycles. The van der Waals surface area contributed by atoms with Gasteiger partial charge in [-0.15, -0.1) is 0 Å². The number of hydrogen-bond donors (Lipinski definition) is 3. The fourth-order valence-electron chi connectivity index (χ4n) is 3.83. The third-order valence-electron chi connectivity index (χ3n) is 5.41. The lowest BCUT2D eigenvalue weighted by Crippen LogP contribution is -2.40. The van der Waals surface area contributed by atoms with Crippen molar-refractivity contribution in [3.63, 3.8) is 0 Å². The number of rotatable bonds is 5. The molecule has 0 spiro atoms. The van der Waals surface area contributed by atoms with Crippen LogP contribution in [0.1, 0.15) is 19.4 Å². The van der Waals surface area contributed by atoms with E-state index in [4.69, 9.17) is 16.3 Å². The van der Waals surface area contributed by atoms with Gasteiger partial charge in [-0.1, -0.05) is 11.6 Å². The first-order valence-electron chi connectivity index (χ1n) is 9.12. The third kappa shape index (κ3) is 3.52. The van der Waals surface area contributed by atoms with Gasteiger partial charge < -0.3 is 20.5 Å². The van der Waals surface area contributed by atoms with Gasteiger partial charge in [-0.2, -0.15) is 0 Å². The lowest BCUT2D eigenvalue weighted by Gasteiger charge is -2.27. The van der Waals surface area contributed by atoms with Crippen molar-refractivity contribution in [2.45, 2.75) is 25.5 Å². The number of ether oxygens (including phenoxy) is 1. The molecule has 4 rings (SSSR count). The van der Waals surface area contributed by atoms with E-state index in [1.54, 1.807) is 32.0 Å². The van der Waals surface area contributed by atoms with Crippen LogP contribution in [-0.4, -0.2) is 35.4 Å². The van der Waals surface area contributed by atoms with Crippen molar-refractivity contribution in [2.75, 3.05) is 13.1 Å². The Bertz CT molecular complexity index is 910. The molecule has 1 saturated heterocycles. The number of fused-ring (bicyclic) bond motifs is 1. The maximum absolute atomic E-state index is 13.3. The van der Waals surface area contributed by atoms with Gasteiger partial charge in [-0.3, -0.25) is 0 Å². The van der Waals surface area contributed by atoms with Gasteiger partial charge >= 0.3 is 6.09 Å². The topological polar surface area (TPSA) is 83.5 Å². The molecular formula is C20H21ClFN3O3. The van der Waals surface area contributed by atoms with Gasteiger partial charge in [0.05, 0.1) is 16.3 Å². The minimum atomic E-state index is -1.16. The Hall–Kier alpha value is -2.38. The Morgan fingerprint density at radius 2 is 1.96 bits per heavy atom. The Kier molecular flexibility index (Phi) is 4.67. The smallest absolute Gasteiger partial charge is 0.405 e. The fraction of sp³-hybridized carbons (Fsp3) is 0.400. The van der Waals surface area contributed by atoms with Crippen LogP contribution in [0, 0.1) is 17.7 Å². The van der Waals surface area contributed by atoms with Crippen LogP contribution in [0.4, 0.5) is 9.18 Å². The molecule has 1 saturated carbocycles. The number of nitrogens with zero attached hydrogens (tertiary/aromatic N) is 1. The van der Waals surface area contributed by atoms with Crippen LogP contribution < -0.4 is 15.4 Å². The molecule has 2 aliphatic rings. The van der Waals surface area contributed by atoms with E-state index >= 15 is 0 Å². The molecule has 3 N–H and O–H groups in total. The zero-order valence-corrected chi connectivity index (χ0v) is 16.3. The van der Waals surface area contributed by atoms with Crippen LogP contribution >= 0.6 is 11.6 Å². The van der Waals surface area contributed by atoms with E-state index in [0.29, 0.717) is 39.6 Å². The van der Waals surface area contributed by atoms with Crippen molar-refractivity contribution in [2.24, 2.45) is 11.8 Å². The Labute approximate surface area is 167 Å². The Morgan fingerprint density at radius 3 is 2.57 bits per heavy atom. The van der Waals surface area contributed by atoms with E-state index in [0.717, 1.165) is 13.1 Å². The monoisotopic (exact) mass is 405 g/mol. The summed E-state index contributed by atoms with van der Waals surface area (Å²) < 4.78 is 19.5. The third-order valence-corrected chi connectivity index (χ3v) is 5.80. The van der Waals surface area contributed by atoms with Gasteiger partial charge in [0, 0.05) is 42.1 Å². The van der Waals surface area contributed by atoms with Crippen LogP contribution in [0.25, 0.3) is 11.3 Å². The Morgan fingerprint density at radius 1 is 1.32 bits per heavy atom. The average Bonchev–Trinajstić information content (AvgIpc) is 3.03. The number of carbonyl (C=O) groups is 1. The summed E-state index contributed by atoms with van der Waals surface area (Å²) in [4.78, 5) is 15.8. The number of aromatic nitrogens is 1. The molecule has 28 heavy (non-hydrogen) atoms. The van der Waals surface area contributed by atoms with Crippen molar-refractivity contribution in [3.8, 4) is 17.1 Å². The molecule has 3 atom stereocenters. The second-order valence-corrected chi connectivity index (χ2v) is 8.18. The van der Waals surface area contributed by atoms with E-state index in [1.165, 1.54) is 12.1 Å². The first-order valence-corrected chi connectivity index (χ1v) is 9.49. The summed E-state index contributed by atoms with van der Waals surface area (Å²) in [7, 11) is 0. The van der Waals surface area contributed by atoms with Crippen molar-refractivity contribution < 1.29 is 19.0 Å². The highest BCUT2D eigenvalue weighted by Gasteiger charge is 2.55. The standard InChI is InChI=1S/C20H21ClFN3O3/c1-20(2,25-19(26)27)14-7-15(28-18-12-8-23-9-13(12)18)24-17(16(14)21)10-3-5-11(22)6-4-10/h3-7,12-13,18,23,25H,8-9H2,1-2H3,(H,26,27)/t12-,13+,18?. The zero-order chi connectivity index (χ0) is 20.1. The van der Waals surface area contributed by atoms with Gasteiger partial charge in [0.2, 0.25) is 5.88 Å². The number of hydrogen-bond acceptors (Lipinski definition) is 4. The van der Waals surface area contributed by atoms with E-state index in [-0.39, 0.29) is 11.9 Å². The second-order valence-electron chi connectivity index (χ2n) is 7.80.